The zero-order valence-corrected chi connectivity index (χ0v) is 21.9. The SMILES string of the molecule is CC1=CC(=O)C2=C(C[C@@H]3C(=CC[C@@H]4C(=O)N(c5ccc(Br)cc5)C(=O)[C@@H]43)[C@@H]2c2cccc(C)c2O)C1=O. The maximum atomic E-state index is 13.9. The molecule has 0 spiro atoms. The zero-order chi connectivity index (χ0) is 26.2. The molecule has 0 radical (unpaired) electrons. The van der Waals surface area contributed by atoms with Gasteiger partial charge in [-0.05, 0) is 68.5 Å². The summed E-state index contributed by atoms with van der Waals surface area (Å²) in [5, 5.41) is 11.0. The molecule has 0 saturated carbocycles. The number of amides is 2. The highest BCUT2D eigenvalue weighted by atomic mass is 79.9. The molecule has 2 aromatic carbocycles. The molecule has 1 saturated heterocycles. The number of aromatic hydroxyl groups is 1. The van der Waals surface area contributed by atoms with E-state index >= 15 is 0 Å². The van der Waals surface area contributed by atoms with Crippen LogP contribution in [0.4, 0.5) is 5.69 Å². The number of Topliss-reactive ketones (excluding diaryl/α,β-unsaturated/α-hetero) is 1. The highest BCUT2D eigenvalue weighted by molar-refractivity contribution is 9.10. The Morgan fingerprint density at radius 2 is 1.68 bits per heavy atom. The van der Waals surface area contributed by atoms with Crippen molar-refractivity contribution in [3.63, 3.8) is 0 Å². The van der Waals surface area contributed by atoms with Crippen LogP contribution < -0.4 is 4.90 Å². The van der Waals surface area contributed by atoms with Crippen LogP contribution in [0.2, 0.25) is 0 Å². The van der Waals surface area contributed by atoms with Crippen molar-refractivity contribution in [1.29, 1.82) is 0 Å². The smallest absolute Gasteiger partial charge is 0.238 e. The van der Waals surface area contributed by atoms with Crippen molar-refractivity contribution in [2.45, 2.75) is 32.6 Å². The summed E-state index contributed by atoms with van der Waals surface area (Å²) in [5.74, 6) is -3.18. The average Bonchev–Trinajstić information content (AvgIpc) is 3.13. The maximum Gasteiger partial charge on any atom is 0.238 e. The van der Waals surface area contributed by atoms with Crippen molar-refractivity contribution in [1.82, 2.24) is 0 Å². The number of benzene rings is 2. The number of hydrogen-bond acceptors (Lipinski definition) is 5. The second-order valence-electron chi connectivity index (χ2n) is 10.2. The second kappa shape index (κ2) is 8.48. The molecule has 1 fully saturated rings. The summed E-state index contributed by atoms with van der Waals surface area (Å²) >= 11 is 3.39. The summed E-state index contributed by atoms with van der Waals surface area (Å²) in [6, 6.07) is 12.4. The molecule has 6 rings (SSSR count). The molecule has 1 N–H and O–H groups in total. The van der Waals surface area contributed by atoms with E-state index in [0.717, 1.165) is 10.0 Å². The standard InChI is InChI=1S/C30H24BrNO5/c1-14-4-3-5-19(27(14)34)24-18-10-11-20-25(21(18)13-22-26(24)23(33)12-15(2)28(22)35)30(37)32(29(20)36)17-8-6-16(31)7-9-17/h3-10,12,20-21,24-25,34H,11,13H2,1-2H3/t20-,21+,24+,25-/m0/s1. The van der Waals surface area contributed by atoms with Gasteiger partial charge in [0.05, 0.1) is 17.5 Å². The summed E-state index contributed by atoms with van der Waals surface area (Å²) in [6.45, 7) is 3.41. The Balaban J connectivity index is 1.50. The molecule has 0 unspecified atom stereocenters. The van der Waals surface area contributed by atoms with E-state index in [1.54, 1.807) is 50.2 Å². The number of ketones is 2. The average molecular weight is 558 g/mol. The third kappa shape index (κ3) is 3.44. The predicted molar refractivity (Wildman–Crippen MR) is 141 cm³/mol. The molecule has 2 aromatic rings. The molecule has 3 aliphatic carbocycles. The molecular formula is C30H24BrNO5. The largest absolute Gasteiger partial charge is 0.507 e. The van der Waals surface area contributed by atoms with Crippen LogP contribution in [-0.2, 0) is 19.2 Å². The van der Waals surface area contributed by atoms with E-state index in [0.29, 0.717) is 40.0 Å². The quantitative estimate of drug-likeness (QED) is 0.315. The molecule has 1 aliphatic heterocycles. The van der Waals surface area contributed by atoms with Gasteiger partial charge in [0.15, 0.2) is 11.6 Å². The lowest BCUT2D eigenvalue weighted by molar-refractivity contribution is -0.123. The lowest BCUT2D eigenvalue weighted by Crippen LogP contribution is -2.39. The van der Waals surface area contributed by atoms with Crippen LogP contribution in [0.1, 0.15) is 36.8 Å². The molecular weight excluding hydrogens is 534 g/mol. The Kier molecular flexibility index (Phi) is 5.46. The number of nitrogens with zero attached hydrogens (tertiary/aromatic N) is 1. The van der Waals surface area contributed by atoms with Gasteiger partial charge in [-0.1, -0.05) is 45.8 Å². The van der Waals surface area contributed by atoms with Crippen LogP contribution in [-0.4, -0.2) is 28.5 Å². The lowest BCUT2D eigenvalue weighted by Gasteiger charge is -2.42. The van der Waals surface area contributed by atoms with Gasteiger partial charge in [-0.3, -0.25) is 24.1 Å². The number of para-hydroxylation sites is 1. The molecule has 2 amide bonds. The van der Waals surface area contributed by atoms with Crippen molar-refractivity contribution < 1.29 is 24.3 Å². The fourth-order valence-electron chi connectivity index (χ4n) is 6.50. The van der Waals surface area contributed by atoms with Gasteiger partial charge in [0.1, 0.15) is 5.75 Å². The van der Waals surface area contributed by atoms with Crippen molar-refractivity contribution >= 4 is 45.0 Å². The Morgan fingerprint density at radius 1 is 0.946 bits per heavy atom. The number of fused-ring (bicyclic) bond motifs is 3. The number of halogens is 1. The van der Waals surface area contributed by atoms with Crippen LogP contribution in [0.3, 0.4) is 0 Å². The number of phenolic OH excluding ortho intramolecular Hbond substituents is 1. The number of carbonyl (C=O) groups is 4. The lowest BCUT2D eigenvalue weighted by atomic mass is 9.59. The monoisotopic (exact) mass is 557 g/mol. The van der Waals surface area contributed by atoms with E-state index in [1.807, 2.05) is 12.1 Å². The molecule has 4 aliphatic rings. The van der Waals surface area contributed by atoms with Crippen LogP contribution in [0.5, 0.6) is 5.75 Å². The van der Waals surface area contributed by atoms with Gasteiger partial charge < -0.3 is 5.11 Å². The van der Waals surface area contributed by atoms with E-state index < -0.39 is 23.7 Å². The number of anilines is 1. The third-order valence-corrected chi connectivity index (χ3v) is 8.76. The summed E-state index contributed by atoms with van der Waals surface area (Å²) in [7, 11) is 0. The van der Waals surface area contributed by atoms with E-state index in [-0.39, 0.29) is 35.6 Å². The second-order valence-corrected chi connectivity index (χ2v) is 11.1. The topological polar surface area (TPSA) is 91.8 Å². The summed E-state index contributed by atoms with van der Waals surface area (Å²) < 4.78 is 0.841. The number of imide groups is 1. The van der Waals surface area contributed by atoms with Gasteiger partial charge >= 0.3 is 0 Å². The number of rotatable bonds is 2. The first-order chi connectivity index (χ1) is 17.7. The first kappa shape index (κ1) is 23.8. The molecule has 6 nitrogen and oxygen atoms in total. The minimum absolute atomic E-state index is 0.0693. The van der Waals surface area contributed by atoms with Gasteiger partial charge in [0.2, 0.25) is 11.8 Å². The van der Waals surface area contributed by atoms with Crippen LogP contribution in [0.15, 0.2) is 81.4 Å². The fourth-order valence-corrected chi connectivity index (χ4v) is 6.76. The van der Waals surface area contributed by atoms with Crippen LogP contribution in [0.25, 0.3) is 0 Å². The minimum Gasteiger partial charge on any atom is -0.507 e. The molecule has 0 bridgehead atoms. The van der Waals surface area contributed by atoms with Crippen molar-refractivity contribution in [3.8, 4) is 5.75 Å². The van der Waals surface area contributed by atoms with Crippen molar-refractivity contribution in [2.24, 2.45) is 17.8 Å². The normalized spacial score (nSPS) is 27.1. The van der Waals surface area contributed by atoms with Gasteiger partial charge in [0.25, 0.3) is 0 Å². The molecule has 37 heavy (non-hydrogen) atoms. The van der Waals surface area contributed by atoms with E-state index in [2.05, 4.69) is 15.9 Å². The Labute approximate surface area is 222 Å². The summed E-state index contributed by atoms with van der Waals surface area (Å²) in [4.78, 5) is 55.3. The number of allylic oxidation sites excluding steroid dienone is 6. The van der Waals surface area contributed by atoms with Crippen molar-refractivity contribution in [2.75, 3.05) is 4.90 Å². The molecule has 186 valence electrons. The molecule has 1 heterocycles. The Bertz CT molecular complexity index is 1510. The van der Waals surface area contributed by atoms with E-state index in [1.165, 1.54) is 11.0 Å². The maximum absolute atomic E-state index is 13.9. The Hall–Kier alpha value is -3.58. The highest BCUT2D eigenvalue weighted by Crippen LogP contribution is 2.56. The number of aryl methyl sites for hydroxylation is 1. The first-order valence-electron chi connectivity index (χ1n) is 12.3. The van der Waals surface area contributed by atoms with Crippen LogP contribution in [0, 0.1) is 24.7 Å². The predicted octanol–water partition coefficient (Wildman–Crippen LogP) is 5.10. The summed E-state index contributed by atoms with van der Waals surface area (Å²) in [6.07, 6.45) is 3.90. The molecule has 0 aromatic heterocycles. The summed E-state index contributed by atoms with van der Waals surface area (Å²) in [5.41, 5.74) is 3.67. The van der Waals surface area contributed by atoms with Gasteiger partial charge in [-0.2, -0.15) is 0 Å². The first-order valence-corrected chi connectivity index (χ1v) is 13.1. The van der Waals surface area contributed by atoms with Gasteiger partial charge in [0, 0.05) is 32.7 Å². The zero-order valence-electron chi connectivity index (χ0n) is 20.3. The van der Waals surface area contributed by atoms with E-state index in [9.17, 15) is 24.3 Å². The molecule has 4 atom stereocenters. The number of carbonyl (C=O) groups excluding carboxylic acids is 4. The fraction of sp³-hybridized carbons (Fsp3) is 0.267. The molecule has 7 heteroatoms. The third-order valence-electron chi connectivity index (χ3n) is 8.23. The number of hydrogen-bond donors (Lipinski definition) is 1. The number of phenols is 1. The van der Waals surface area contributed by atoms with Crippen LogP contribution >= 0.6 is 15.9 Å². The highest BCUT2D eigenvalue weighted by Gasteiger charge is 2.56. The Morgan fingerprint density at radius 3 is 2.41 bits per heavy atom. The minimum atomic E-state index is -0.653. The van der Waals surface area contributed by atoms with Crippen molar-refractivity contribution in [3.05, 3.63) is 92.5 Å². The van der Waals surface area contributed by atoms with Gasteiger partial charge in [-0.15, -0.1) is 0 Å². The van der Waals surface area contributed by atoms with Gasteiger partial charge in [-0.25, -0.2) is 0 Å². The van der Waals surface area contributed by atoms with E-state index in [4.69, 9.17) is 0 Å².